The number of hydrogen-bond donors (Lipinski definition) is 0. The van der Waals surface area contributed by atoms with Gasteiger partial charge in [-0.3, -0.25) is 4.98 Å². The van der Waals surface area contributed by atoms with Gasteiger partial charge in [-0.05, 0) is 24.3 Å². The lowest BCUT2D eigenvalue weighted by Gasteiger charge is -2.07. The molecule has 3 aromatic heterocycles. The Morgan fingerprint density at radius 2 is 2.14 bits per heavy atom. The highest BCUT2D eigenvalue weighted by Crippen LogP contribution is 2.22. The standard InChI is InChI=1S/C16H15FN4O/c1-22-11-14(17)16-6-2-5-15(20-16)12-8-19-21(10-12)13-4-3-7-18-9-13/h2-10,14H,11H2,1H3. The summed E-state index contributed by atoms with van der Waals surface area (Å²) in [5.74, 6) is 0. The number of methoxy groups -OCH3 is 1. The second-order valence-corrected chi connectivity index (χ2v) is 4.76. The van der Waals surface area contributed by atoms with Crippen LogP contribution in [0.1, 0.15) is 11.9 Å². The van der Waals surface area contributed by atoms with E-state index in [0.29, 0.717) is 11.4 Å². The topological polar surface area (TPSA) is 52.8 Å². The van der Waals surface area contributed by atoms with Crippen molar-refractivity contribution in [1.82, 2.24) is 19.7 Å². The van der Waals surface area contributed by atoms with E-state index in [4.69, 9.17) is 4.74 Å². The van der Waals surface area contributed by atoms with Crippen LogP contribution in [-0.4, -0.2) is 33.5 Å². The molecule has 22 heavy (non-hydrogen) atoms. The normalized spacial score (nSPS) is 12.3. The Morgan fingerprint density at radius 3 is 2.91 bits per heavy atom. The first-order valence-electron chi connectivity index (χ1n) is 6.83. The van der Waals surface area contributed by atoms with Gasteiger partial charge in [0.25, 0.3) is 0 Å². The Bertz CT molecular complexity index is 745. The fourth-order valence-electron chi connectivity index (χ4n) is 2.10. The first kappa shape index (κ1) is 14.3. The number of rotatable bonds is 5. The molecular weight excluding hydrogens is 283 g/mol. The average Bonchev–Trinajstić information content (AvgIpc) is 3.06. The molecule has 0 N–H and O–H groups in total. The van der Waals surface area contributed by atoms with Gasteiger partial charge in [-0.25, -0.2) is 14.1 Å². The summed E-state index contributed by atoms with van der Waals surface area (Å²) in [5, 5.41) is 4.29. The van der Waals surface area contributed by atoms with E-state index in [2.05, 4.69) is 15.1 Å². The number of alkyl halides is 1. The maximum Gasteiger partial charge on any atom is 0.165 e. The van der Waals surface area contributed by atoms with Crippen molar-refractivity contribution in [2.75, 3.05) is 13.7 Å². The fourth-order valence-corrected chi connectivity index (χ4v) is 2.10. The third kappa shape index (κ3) is 3.01. The predicted molar refractivity (Wildman–Crippen MR) is 80.3 cm³/mol. The molecule has 0 aromatic carbocycles. The molecule has 0 aliphatic heterocycles. The van der Waals surface area contributed by atoms with Crippen molar-refractivity contribution >= 4 is 0 Å². The molecule has 0 spiro atoms. The van der Waals surface area contributed by atoms with Crippen molar-refractivity contribution < 1.29 is 9.13 Å². The third-order valence-corrected chi connectivity index (χ3v) is 3.19. The monoisotopic (exact) mass is 298 g/mol. The zero-order valence-electron chi connectivity index (χ0n) is 12.1. The van der Waals surface area contributed by atoms with Crippen LogP contribution in [0.3, 0.4) is 0 Å². The van der Waals surface area contributed by atoms with E-state index in [-0.39, 0.29) is 6.61 Å². The summed E-state index contributed by atoms with van der Waals surface area (Å²) < 4.78 is 20.4. The molecule has 3 aromatic rings. The van der Waals surface area contributed by atoms with Crippen molar-refractivity contribution in [3.8, 4) is 16.9 Å². The lowest BCUT2D eigenvalue weighted by Crippen LogP contribution is -2.03. The molecule has 3 rings (SSSR count). The Balaban J connectivity index is 1.89. The average molecular weight is 298 g/mol. The van der Waals surface area contributed by atoms with Gasteiger partial charge >= 0.3 is 0 Å². The van der Waals surface area contributed by atoms with Crippen molar-refractivity contribution in [3.63, 3.8) is 0 Å². The maximum atomic E-state index is 13.9. The zero-order chi connectivity index (χ0) is 15.4. The first-order valence-corrected chi connectivity index (χ1v) is 6.83. The van der Waals surface area contributed by atoms with Crippen molar-refractivity contribution in [2.24, 2.45) is 0 Å². The van der Waals surface area contributed by atoms with Gasteiger partial charge in [-0.2, -0.15) is 5.10 Å². The lowest BCUT2D eigenvalue weighted by atomic mass is 10.2. The van der Waals surface area contributed by atoms with Crippen LogP contribution in [0.5, 0.6) is 0 Å². The van der Waals surface area contributed by atoms with E-state index >= 15 is 0 Å². The Labute approximate surface area is 127 Å². The number of pyridine rings is 2. The number of aromatic nitrogens is 4. The predicted octanol–water partition coefficient (Wildman–Crippen LogP) is 2.99. The van der Waals surface area contributed by atoms with Gasteiger partial charge in [-0.15, -0.1) is 0 Å². The molecule has 0 amide bonds. The first-order chi connectivity index (χ1) is 10.8. The summed E-state index contributed by atoms with van der Waals surface area (Å²) in [7, 11) is 1.47. The minimum atomic E-state index is -1.24. The number of nitrogens with zero attached hydrogens (tertiary/aromatic N) is 4. The van der Waals surface area contributed by atoms with Crippen LogP contribution >= 0.6 is 0 Å². The van der Waals surface area contributed by atoms with Gasteiger partial charge in [-0.1, -0.05) is 6.07 Å². The van der Waals surface area contributed by atoms with E-state index in [1.165, 1.54) is 7.11 Å². The van der Waals surface area contributed by atoms with E-state index in [0.717, 1.165) is 11.3 Å². The van der Waals surface area contributed by atoms with Gasteiger partial charge < -0.3 is 4.74 Å². The molecule has 5 nitrogen and oxygen atoms in total. The maximum absolute atomic E-state index is 13.9. The molecular formula is C16H15FN4O. The highest BCUT2D eigenvalue weighted by molar-refractivity contribution is 5.57. The highest BCUT2D eigenvalue weighted by atomic mass is 19.1. The quantitative estimate of drug-likeness (QED) is 0.726. The summed E-state index contributed by atoms with van der Waals surface area (Å²) in [6, 6.07) is 9.01. The molecule has 112 valence electrons. The Kier molecular flexibility index (Phi) is 4.20. The summed E-state index contributed by atoms with van der Waals surface area (Å²) in [6.07, 6.45) is 5.72. The van der Waals surface area contributed by atoms with E-state index in [9.17, 15) is 4.39 Å². The van der Waals surface area contributed by atoms with Crippen LogP contribution in [0.2, 0.25) is 0 Å². The van der Waals surface area contributed by atoms with Crippen LogP contribution in [0, 0.1) is 0 Å². The number of hydrogen-bond acceptors (Lipinski definition) is 4. The molecule has 0 fully saturated rings. The molecule has 0 saturated heterocycles. The molecule has 0 aliphatic rings. The summed E-state index contributed by atoms with van der Waals surface area (Å²) >= 11 is 0. The van der Waals surface area contributed by atoms with Gasteiger partial charge in [0.05, 0.1) is 36.1 Å². The van der Waals surface area contributed by atoms with Crippen LogP contribution in [0.25, 0.3) is 16.9 Å². The lowest BCUT2D eigenvalue weighted by molar-refractivity contribution is 0.122. The van der Waals surface area contributed by atoms with Crippen LogP contribution < -0.4 is 0 Å². The van der Waals surface area contributed by atoms with E-state index in [1.54, 1.807) is 35.4 Å². The van der Waals surface area contributed by atoms with Gasteiger partial charge in [0.2, 0.25) is 0 Å². The van der Waals surface area contributed by atoms with Crippen molar-refractivity contribution in [2.45, 2.75) is 6.17 Å². The molecule has 0 radical (unpaired) electrons. The van der Waals surface area contributed by atoms with Crippen LogP contribution in [-0.2, 0) is 4.74 Å². The van der Waals surface area contributed by atoms with E-state index in [1.807, 2.05) is 24.4 Å². The minimum Gasteiger partial charge on any atom is -0.381 e. The molecule has 6 heteroatoms. The Morgan fingerprint density at radius 1 is 1.23 bits per heavy atom. The van der Waals surface area contributed by atoms with Crippen LogP contribution in [0.15, 0.2) is 55.1 Å². The van der Waals surface area contributed by atoms with Gasteiger partial charge in [0.15, 0.2) is 6.17 Å². The SMILES string of the molecule is COCC(F)c1cccc(-c2cnn(-c3cccnc3)c2)n1. The van der Waals surface area contributed by atoms with Gasteiger partial charge in [0, 0.05) is 25.1 Å². The van der Waals surface area contributed by atoms with Crippen molar-refractivity contribution in [1.29, 1.82) is 0 Å². The third-order valence-electron chi connectivity index (χ3n) is 3.19. The summed E-state index contributed by atoms with van der Waals surface area (Å²) in [5.41, 5.74) is 2.70. The molecule has 1 unspecified atom stereocenters. The second-order valence-electron chi connectivity index (χ2n) is 4.76. The molecule has 0 saturated carbocycles. The van der Waals surface area contributed by atoms with Crippen molar-refractivity contribution in [3.05, 3.63) is 60.8 Å². The number of halogens is 1. The summed E-state index contributed by atoms with van der Waals surface area (Å²) in [6.45, 7) is -0.00853. The molecule has 1 atom stereocenters. The van der Waals surface area contributed by atoms with Crippen LogP contribution in [0.4, 0.5) is 4.39 Å². The largest absolute Gasteiger partial charge is 0.381 e. The smallest absolute Gasteiger partial charge is 0.165 e. The fraction of sp³-hybridized carbons (Fsp3) is 0.188. The minimum absolute atomic E-state index is 0.00853. The highest BCUT2D eigenvalue weighted by Gasteiger charge is 2.12. The molecule has 0 aliphatic carbocycles. The molecule has 0 bridgehead atoms. The van der Waals surface area contributed by atoms with E-state index < -0.39 is 6.17 Å². The van der Waals surface area contributed by atoms with Gasteiger partial charge in [0.1, 0.15) is 0 Å². The Hall–Kier alpha value is -2.60. The molecule has 3 heterocycles. The summed E-state index contributed by atoms with van der Waals surface area (Å²) in [4.78, 5) is 8.41. The second kappa shape index (κ2) is 6.44. The zero-order valence-corrected chi connectivity index (χ0v) is 12.1. The number of ether oxygens (including phenoxy) is 1.